The van der Waals surface area contributed by atoms with Crippen LogP contribution in [0.15, 0.2) is 36.5 Å². The molecule has 0 bridgehead atoms. The van der Waals surface area contributed by atoms with Crippen LogP contribution >= 0.6 is 0 Å². The van der Waals surface area contributed by atoms with Gasteiger partial charge in [-0.15, -0.1) is 0 Å². The van der Waals surface area contributed by atoms with Gasteiger partial charge in [0.15, 0.2) is 5.75 Å². The maximum Gasteiger partial charge on any atom is 0.240 e. The smallest absolute Gasteiger partial charge is 0.240 e. The van der Waals surface area contributed by atoms with Crippen molar-refractivity contribution in [2.24, 2.45) is 17.6 Å². The number of likely N-dealkylation sites (N-methyl/N-ethyl adjacent to an activating group) is 1. The SMILES string of the molecule is C/C=C\CC[C@@H](C)C[C@@H](C)CC(=O)N1C[C@H](Oc2nccc3c4c(ccc23)N(C)CCO4)C[C@H]1C(N)=O. The average molecular weight is 509 g/mol. The third-order valence-corrected chi connectivity index (χ3v) is 7.50. The Labute approximate surface area is 219 Å². The van der Waals surface area contributed by atoms with E-state index in [9.17, 15) is 9.59 Å². The van der Waals surface area contributed by atoms with Crippen LogP contribution in [0.2, 0.25) is 0 Å². The van der Waals surface area contributed by atoms with E-state index in [1.807, 2.05) is 32.2 Å². The van der Waals surface area contributed by atoms with E-state index >= 15 is 0 Å². The second kappa shape index (κ2) is 11.8. The van der Waals surface area contributed by atoms with Crippen LogP contribution in [0, 0.1) is 11.8 Å². The molecule has 2 amide bonds. The summed E-state index contributed by atoms with van der Waals surface area (Å²) >= 11 is 0. The maximum atomic E-state index is 13.2. The van der Waals surface area contributed by atoms with E-state index in [1.165, 1.54) is 0 Å². The van der Waals surface area contributed by atoms with Crippen LogP contribution in [0.25, 0.3) is 10.8 Å². The lowest BCUT2D eigenvalue weighted by molar-refractivity contribution is -0.138. The Hall–Kier alpha value is -3.29. The molecule has 0 saturated carbocycles. The Morgan fingerprint density at radius 3 is 2.81 bits per heavy atom. The highest BCUT2D eigenvalue weighted by Gasteiger charge is 2.40. The number of amides is 2. The minimum absolute atomic E-state index is 0.0422. The number of nitrogens with two attached hydrogens (primary N) is 1. The van der Waals surface area contributed by atoms with E-state index in [4.69, 9.17) is 15.2 Å². The Bertz CT molecular complexity index is 1150. The molecule has 1 aromatic heterocycles. The largest absolute Gasteiger partial charge is 0.489 e. The molecule has 0 unspecified atom stereocenters. The number of fused-ring (bicyclic) bond motifs is 3. The van der Waals surface area contributed by atoms with E-state index in [1.54, 1.807) is 11.1 Å². The van der Waals surface area contributed by atoms with Crippen LogP contribution in [-0.4, -0.2) is 60.6 Å². The van der Waals surface area contributed by atoms with Crippen LogP contribution in [0.4, 0.5) is 5.69 Å². The predicted molar refractivity (Wildman–Crippen MR) is 146 cm³/mol. The van der Waals surface area contributed by atoms with Gasteiger partial charge in [-0.05, 0) is 56.2 Å². The lowest BCUT2D eigenvalue weighted by Gasteiger charge is -2.28. The van der Waals surface area contributed by atoms with Gasteiger partial charge in [0.2, 0.25) is 17.7 Å². The van der Waals surface area contributed by atoms with Crippen molar-refractivity contribution in [1.82, 2.24) is 9.88 Å². The summed E-state index contributed by atoms with van der Waals surface area (Å²) in [5.41, 5.74) is 6.74. The fourth-order valence-electron chi connectivity index (χ4n) is 5.58. The Kier molecular flexibility index (Phi) is 8.56. The van der Waals surface area contributed by atoms with Gasteiger partial charge in [-0.3, -0.25) is 9.59 Å². The monoisotopic (exact) mass is 508 g/mol. The Morgan fingerprint density at radius 1 is 1.24 bits per heavy atom. The molecule has 2 N–H and O–H groups in total. The molecule has 4 rings (SSSR count). The number of benzene rings is 1. The molecule has 8 heteroatoms. The third kappa shape index (κ3) is 6.17. The van der Waals surface area contributed by atoms with Crippen molar-refractivity contribution in [3.05, 3.63) is 36.5 Å². The molecule has 3 heterocycles. The van der Waals surface area contributed by atoms with Crippen molar-refractivity contribution in [3.63, 3.8) is 0 Å². The molecular formula is C29H40N4O4. The molecule has 0 aliphatic carbocycles. The Morgan fingerprint density at radius 2 is 2.05 bits per heavy atom. The molecule has 8 nitrogen and oxygen atoms in total. The lowest BCUT2D eigenvalue weighted by Crippen LogP contribution is -2.44. The topological polar surface area (TPSA) is 98.0 Å². The first kappa shape index (κ1) is 26.8. The summed E-state index contributed by atoms with van der Waals surface area (Å²) in [6.45, 7) is 8.14. The van der Waals surface area contributed by atoms with Crippen molar-refractivity contribution in [1.29, 1.82) is 0 Å². The van der Waals surface area contributed by atoms with Gasteiger partial charge < -0.3 is 25.0 Å². The number of ether oxygens (including phenoxy) is 2. The average Bonchev–Trinajstić information content (AvgIpc) is 3.29. The highest BCUT2D eigenvalue weighted by molar-refractivity contribution is 5.96. The molecule has 1 fully saturated rings. The number of anilines is 1. The number of aromatic nitrogens is 1. The zero-order valence-corrected chi connectivity index (χ0v) is 22.5. The summed E-state index contributed by atoms with van der Waals surface area (Å²) in [6, 6.07) is 5.27. The van der Waals surface area contributed by atoms with Gasteiger partial charge in [0.1, 0.15) is 18.8 Å². The van der Waals surface area contributed by atoms with Gasteiger partial charge >= 0.3 is 0 Å². The van der Waals surface area contributed by atoms with E-state index in [0.717, 1.165) is 48.0 Å². The third-order valence-electron chi connectivity index (χ3n) is 7.50. The molecule has 1 saturated heterocycles. The molecule has 0 spiro atoms. The Balaban J connectivity index is 1.44. The summed E-state index contributed by atoms with van der Waals surface area (Å²) in [6.07, 6.45) is 9.48. The molecule has 4 atom stereocenters. The van der Waals surface area contributed by atoms with Gasteiger partial charge in [0.25, 0.3) is 0 Å². The number of carbonyl (C=O) groups excluding carboxylic acids is 2. The molecule has 2 aromatic rings. The first-order valence-electron chi connectivity index (χ1n) is 13.4. The van der Waals surface area contributed by atoms with Gasteiger partial charge in [-0.25, -0.2) is 4.98 Å². The van der Waals surface area contributed by atoms with E-state index < -0.39 is 11.9 Å². The van der Waals surface area contributed by atoms with E-state index in [-0.39, 0.29) is 17.9 Å². The number of primary amides is 1. The van der Waals surface area contributed by atoms with Gasteiger partial charge in [0, 0.05) is 36.9 Å². The quantitative estimate of drug-likeness (QED) is 0.481. The van der Waals surface area contributed by atoms with Crippen LogP contribution in [0.1, 0.15) is 52.9 Å². The number of carbonyl (C=O) groups is 2. The van der Waals surface area contributed by atoms with Crippen LogP contribution in [0.5, 0.6) is 11.6 Å². The summed E-state index contributed by atoms with van der Waals surface area (Å²) in [4.78, 5) is 33.7. The van der Waals surface area contributed by atoms with Crippen molar-refractivity contribution < 1.29 is 19.1 Å². The standard InChI is InChI=1S/C29H40N4O4/c1-5-6-7-8-19(2)15-20(3)16-26(34)33-18-21(17-25(33)28(30)35)37-29-23-9-10-24-27(22(23)11-12-31-29)36-14-13-32(24)4/h5-6,9-12,19-21,25H,7-8,13-18H2,1-4H3,(H2,30,35)/b6-5-/t19-,20-,21-,25+/m1/s1. The zero-order valence-electron chi connectivity index (χ0n) is 22.5. The molecule has 37 heavy (non-hydrogen) atoms. The number of hydrogen-bond acceptors (Lipinski definition) is 6. The number of allylic oxidation sites excluding steroid dienone is 2. The predicted octanol–water partition coefficient (Wildman–Crippen LogP) is 4.31. The highest BCUT2D eigenvalue weighted by Crippen LogP contribution is 2.40. The minimum Gasteiger partial charge on any atom is -0.489 e. The number of hydrogen-bond donors (Lipinski definition) is 1. The number of pyridine rings is 1. The molecule has 1 aromatic carbocycles. The fraction of sp³-hybridized carbons (Fsp3) is 0.552. The molecule has 2 aliphatic heterocycles. The normalized spacial score (nSPS) is 21.1. The van der Waals surface area contributed by atoms with Crippen molar-refractivity contribution in [2.75, 3.05) is 31.6 Å². The van der Waals surface area contributed by atoms with Gasteiger partial charge in [-0.2, -0.15) is 0 Å². The highest BCUT2D eigenvalue weighted by atomic mass is 16.5. The van der Waals surface area contributed by atoms with Gasteiger partial charge in [-0.1, -0.05) is 26.0 Å². The van der Waals surface area contributed by atoms with Crippen LogP contribution in [-0.2, 0) is 9.59 Å². The molecular weight excluding hydrogens is 468 g/mol. The lowest BCUT2D eigenvalue weighted by atomic mass is 9.91. The first-order chi connectivity index (χ1) is 17.8. The second-order valence-electron chi connectivity index (χ2n) is 10.6. The van der Waals surface area contributed by atoms with Crippen LogP contribution < -0.4 is 20.1 Å². The van der Waals surface area contributed by atoms with Crippen LogP contribution in [0.3, 0.4) is 0 Å². The van der Waals surface area contributed by atoms with Gasteiger partial charge in [0.05, 0.1) is 18.8 Å². The van der Waals surface area contributed by atoms with Crippen molar-refractivity contribution >= 4 is 28.3 Å². The zero-order chi connectivity index (χ0) is 26.5. The minimum atomic E-state index is -0.670. The summed E-state index contributed by atoms with van der Waals surface area (Å²) < 4.78 is 12.3. The van der Waals surface area contributed by atoms with Crippen molar-refractivity contribution in [2.45, 2.75) is 65.0 Å². The van der Waals surface area contributed by atoms with Crippen molar-refractivity contribution in [3.8, 4) is 11.6 Å². The summed E-state index contributed by atoms with van der Waals surface area (Å²) in [5, 5.41) is 1.78. The first-order valence-corrected chi connectivity index (χ1v) is 13.4. The molecule has 200 valence electrons. The second-order valence-corrected chi connectivity index (χ2v) is 10.6. The van der Waals surface area contributed by atoms with E-state index in [0.29, 0.717) is 37.8 Å². The van der Waals surface area contributed by atoms with E-state index in [2.05, 4.69) is 35.9 Å². The maximum absolute atomic E-state index is 13.2. The number of likely N-dealkylation sites (tertiary alicyclic amines) is 1. The summed E-state index contributed by atoms with van der Waals surface area (Å²) in [5.74, 6) is 1.52. The molecule has 0 radical (unpaired) electrons. The number of rotatable bonds is 10. The fourth-order valence-corrected chi connectivity index (χ4v) is 5.58. The number of nitrogens with zero attached hydrogens (tertiary/aromatic N) is 3. The molecule has 2 aliphatic rings. The summed E-state index contributed by atoms with van der Waals surface area (Å²) in [7, 11) is 2.05.